The Kier molecular flexibility index (Phi) is 9.11. The minimum atomic E-state index is -0.721. The highest BCUT2D eigenvalue weighted by atomic mass is 16.5. The van der Waals surface area contributed by atoms with Gasteiger partial charge >= 0.3 is 0 Å². The van der Waals surface area contributed by atoms with E-state index in [0.717, 1.165) is 25.7 Å². The van der Waals surface area contributed by atoms with E-state index in [2.05, 4.69) is 41.6 Å². The fourth-order valence-electron chi connectivity index (χ4n) is 6.35. The van der Waals surface area contributed by atoms with Gasteiger partial charge in [0.25, 0.3) is 0 Å². The standard InChI is InChI=1S/C26H46N6O5/c1-26(2,3)23(25(36)30-16-20(33)13-21(30)24(35)27-4)31-15-18(14-29-11-12-37-17-22(29)34)28-32(31)19-9-7-5-6-8-10-19/h18-21,23,28,33H,5-17H2,1-4H3,(H,27,35)/t18?,20-,21+,23-/m1/s1. The summed E-state index contributed by atoms with van der Waals surface area (Å²) in [5.41, 5.74) is 3.25. The van der Waals surface area contributed by atoms with E-state index in [-0.39, 0.29) is 49.4 Å². The third kappa shape index (κ3) is 6.44. The number of aliphatic hydroxyl groups excluding tert-OH is 1. The van der Waals surface area contributed by atoms with Crippen molar-refractivity contribution in [3.8, 4) is 0 Å². The summed E-state index contributed by atoms with van der Waals surface area (Å²) in [6.07, 6.45) is 6.34. The minimum absolute atomic E-state index is 0.00422. The van der Waals surface area contributed by atoms with Crippen LogP contribution in [0.4, 0.5) is 0 Å². The first-order valence-electron chi connectivity index (χ1n) is 14.0. The van der Waals surface area contributed by atoms with Crippen LogP contribution in [-0.4, -0.2) is 119 Å². The number of nitrogens with one attached hydrogen (secondary N) is 2. The summed E-state index contributed by atoms with van der Waals surface area (Å²) >= 11 is 0. The summed E-state index contributed by atoms with van der Waals surface area (Å²) in [5.74, 6) is -0.391. The molecule has 4 rings (SSSR count). The Morgan fingerprint density at radius 1 is 1.16 bits per heavy atom. The molecule has 0 aromatic rings. The molecular weight excluding hydrogens is 476 g/mol. The predicted molar refractivity (Wildman–Crippen MR) is 138 cm³/mol. The number of likely N-dealkylation sites (tertiary alicyclic amines) is 1. The van der Waals surface area contributed by atoms with Gasteiger partial charge in [0, 0.05) is 45.7 Å². The van der Waals surface area contributed by atoms with E-state index in [0.29, 0.717) is 26.2 Å². The lowest BCUT2D eigenvalue weighted by Crippen LogP contribution is -2.62. The van der Waals surface area contributed by atoms with E-state index in [4.69, 9.17) is 4.74 Å². The van der Waals surface area contributed by atoms with E-state index < -0.39 is 23.6 Å². The molecule has 0 aromatic heterocycles. The summed E-state index contributed by atoms with van der Waals surface area (Å²) in [5, 5.41) is 17.4. The fourth-order valence-corrected chi connectivity index (χ4v) is 6.35. The monoisotopic (exact) mass is 522 g/mol. The molecule has 0 bridgehead atoms. The molecule has 3 aliphatic heterocycles. The number of ether oxygens (including phenoxy) is 1. The summed E-state index contributed by atoms with van der Waals surface area (Å²) in [6, 6.07) is -0.988. The first-order valence-corrected chi connectivity index (χ1v) is 14.0. The average molecular weight is 523 g/mol. The van der Waals surface area contributed by atoms with Crippen molar-refractivity contribution in [3.63, 3.8) is 0 Å². The number of carbonyl (C=O) groups excluding carboxylic acids is 3. The maximum atomic E-state index is 14.3. The molecule has 1 aliphatic carbocycles. The van der Waals surface area contributed by atoms with Crippen LogP contribution in [0.25, 0.3) is 0 Å². The molecule has 0 radical (unpaired) electrons. The number of hydrazine groups is 2. The number of hydrogen-bond acceptors (Lipinski definition) is 8. The molecule has 0 spiro atoms. The number of amides is 3. The smallest absolute Gasteiger partial charge is 0.248 e. The van der Waals surface area contributed by atoms with Crippen LogP contribution in [0.5, 0.6) is 0 Å². The molecule has 1 saturated carbocycles. The van der Waals surface area contributed by atoms with Crippen molar-refractivity contribution in [1.82, 2.24) is 30.7 Å². The number of aliphatic hydroxyl groups is 1. The van der Waals surface area contributed by atoms with Crippen molar-refractivity contribution in [3.05, 3.63) is 0 Å². The Bertz CT molecular complexity index is 827. The minimum Gasteiger partial charge on any atom is -0.391 e. The van der Waals surface area contributed by atoms with E-state index in [1.165, 1.54) is 12.8 Å². The molecule has 210 valence electrons. The molecule has 3 amide bonds. The number of nitrogens with zero attached hydrogens (tertiary/aromatic N) is 4. The first-order chi connectivity index (χ1) is 17.6. The lowest BCUT2D eigenvalue weighted by Gasteiger charge is -2.45. The van der Waals surface area contributed by atoms with E-state index in [9.17, 15) is 19.5 Å². The van der Waals surface area contributed by atoms with Crippen molar-refractivity contribution < 1.29 is 24.2 Å². The second-order valence-corrected chi connectivity index (χ2v) is 12.1. The van der Waals surface area contributed by atoms with Gasteiger partial charge in [-0.15, -0.1) is 0 Å². The normalized spacial score (nSPS) is 30.0. The number of morpholine rings is 1. The van der Waals surface area contributed by atoms with Gasteiger partial charge in [0.2, 0.25) is 17.7 Å². The second kappa shape index (κ2) is 11.9. The van der Waals surface area contributed by atoms with Crippen LogP contribution >= 0.6 is 0 Å². The molecule has 4 atom stereocenters. The quantitative estimate of drug-likeness (QED) is 0.421. The highest BCUT2D eigenvalue weighted by molar-refractivity contribution is 5.90. The van der Waals surface area contributed by atoms with Crippen LogP contribution in [0.3, 0.4) is 0 Å². The van der Waals surface area contributed by atoms with Crippen LogP contribution in [0.15, 0.2) is 0 Å². The molecule has 11 nitrogen and oxygen atoms in total. The summed E-state index contributed by atoms with van der Waals surface area (Å²) in [4.78, 5) is 42.8. The largest absolute Gasteiger partial charge is 0.391 e. The Morgan fingerprint density at radius 3 is 2.49 bits per heavy atom. The average Bonchev–Trinajstić information content (AvgIpc) is 3.32. The van der Waals surface area contributed by atoms with Gasteiger partial charge in [-0.05, 0) is 18.3 Å². The Balaban J connectivity index is 1.62. The van der Waals surface area contributed by atoms with E-state index in [1.54, 1.807) is 11.9 Å². The van der Waals surface area contributed by atoms with Gasteiger partial charge < -0.3 is 25.0 Å². The third-order valence-electron chi connectivity index (χ3n) is 8.16. The van der Waals surface area contributed by atoms with Crippen molar-refractivity contribution in [2.45, 2.75) is 96.0 Å². The molecule has 3 heterocycles. The van der Waals surface area contributed by atoms with Crippen molar-refractivity contribution in [1.29, 1.82) is 0 Å². The van der Waals surface area contributed by atoms with Gasteiger partial charge in [0.15, 0.2) is 0 Å². The Labute approximate surface area is 220 Å². The number of β-amino-alcohol motifs (C(OH)–C–C–N with tert-alkyl or cyclic N) is 1. The van der Waals surface area contributed by atoms with Gasteiger partial charge in [0.1, 0.15) is 18.7 Å². The molecule has 4 aliphatic rings. The maximum Gasteiger partial charge on any atom is 0.248 e. The number of carbonyl (C=O) groups is 3. The molecule has 11 heteroatoms. The van der Waals surface area contributed by atoms with Gasteiger partial charge in [0.05, 0.1) is 18.8 Å². The molecule has 1 unspecified atom stereocenters. The van der Waals surface area contributed by atoms with Gasteiger partial charge in [-0.3, -0.25) is 14.4 Å². The highest BCUT2D eigenvalue weighted by Crippen LogP contribution is 2.34. The van der Waals surface area contributed by atoms with Crippen LogP contribution in [0.2, 0.25) is 0 Å². The zero-order valence-electron chi connectivity index (χ0n) is 22.9. The lowest BCUT2D eigenvalue weighted by molar-refractivity contribution is -0.162. The van der Waals surface area contributed by atoms with Crippen molar-refractivity contribution in [2.75, 3.05) is 46.4 Å². The van der Waals surface area contributed by atoms with Gasteiger partial charge in [-0.25, -0.2) is 10.4 Å². The third-order valence-corrected chi connectivity index (χ3v) is 8.16. The van der Waals surface area contributed by atoms with Gasteiger partial charge in [-0.1, -0.05) is 46.5 Å². The summed E-state index contributed by atoms with van der Waals surface area (Å²) in [6.45, 7) is 8.68. The number of rotatable bonds is 6. The molecule has 4 fully saturated rings. The first kappa shape index (κ1) is 28.2. The number of hydrogen-bond donors (Lipinski definition) is 3. The second-order valence-electron chi connectivity index (χ2n) is 12.1. The van der Waals surface area contributed by atoms with Crippen molar-refractivity contribution in [2.24, 2.45) is 5.41 Å². The number of likely N-dealkylation sites (N-methyl/N-ethyl adjacent to an activating group) is 1. The van der Waals surface area contributed by atoms with Gasteiger partial charge in [-0.2, -0.15) is 5.12 Å². The predicted octanol–water partition coefficient (Wildman–Crippen LogP) is 0.0963. The zero-order valence-corrected chi connectivity index (χ0v) is 22.9. The van der Waals surface area contributed by atoms with Crippen LogP contribution in [0.1, 0.15) is 65.7 Å². The Hall–Kier alpha value is -1.79. The van der Waals surface area contributed by atoms with Crippen LogP contribution < -0.4 is 10.7 Å². The van der Waals surface area contributed by atoms with E-state index in [1.807, 2.05) is 4.90 Å². The Morgan fingerprint density at radius 2 is 1.86 bits per heavy atom. The van der Waals surface area contributed by atoms with E-state index >= 15 is 0 Å². The van der Waals surface area contributed by atoms with Crippen molar-refractivity contribution >= 4 is 17.7 Å². The fraction of sp³-hybridized carbons (Fsp3) is 0.885. The molecule has 3 N–H and O–H groups in total. The van der Waals surface area contributed by atoms with Crippen LogP contribution in [0, 0.1) is 5.41 Å². The molecular formula is C26H46N6O5. The summed E-state index contributed by atoms with van der Waals surface area (Å²) < 4.78 is 5.31. The lowest BCUT2D eigenvalue weighted by atomic mass is 9.85. The molecule has 0 aromatic carbocycles. The van der Waals surface area contributed by atoms with Crippen LogP contribution in [-0.2, 0) is 19.1 Å². The highest BCUT2D eigenvalue weighted by Gasteiger charge is 2.50. The maximum absolute atomic E-state index is 14.3. The topological polar surface area (TPSA) is 118 Å². The summed E-state index contributed by atoms with van der Waals surface area (Å²) in [7, 11) is 1.56. The molecule has 37 heavy (non-hydrogen) atoms. The molecule has 3 saturated heterocycles. The SMILES string of the molecule is CNC(=O)[C@@H]1C[C@@H](O)CN1C(=O)[C@@H](N1CC(CN2CCOCC2=O)NN1C1CCCCCC1)C(C)(C)C. The zero-order chi connectivity index (χ0) is 26.7.